The van der Waals surface area contributed by atoms with E-state index in [0.29, 0.717) is 22.6 Å². The second-order valence-corrected chi connectivity index (χ2v) is 4.14. The molecule has 2 N–H and O–H groups in total. The zero-order valence-corrected chi connectivity index (χ0v) is 10.6. The van der Waals surface area contributed by atoms with Crippen LogP contribution in [0.2, 0.25) is 0 Å². The fourth-order valence-electron chi connectivity index (χ4n) is 1.22. The Kier molecular flexibility index (Phi) is 3.70. The molecule has 17 heavy (non-hydrogen) atoms. The maximum atomic E-state index is 13.0. The van der Waals surface area contributed by atoms with Crippen LogP contribution in [0.5, 0.6) is 0 Å². The molecule has 0 aliphatic heterocycles. The summed E-state index contributed by atoms with van der Waals surface area (Å²) >= 11 is 3.10. The standard InChI is InChI=1S/C10H10BrFN4O/c1-13-5-9-15-16-10(17-9)14-6-2-3-8(12)7(11)4-6/h2-4,13H,5H2,1H3,(H,14,16). The van der Waals surface area contributed by atoms with Gasteiger partial charge in [0.1, 0.15) is 5.82 Å². The summed E-state index contributed by atoms with van der Waals surface area (Å²) < 4.78 is 18.7. The number of aromatic nitrogens is 2. The molecule has 1 aromatic carbocycles. The number of hydrogen-bond acceptors (Lipinski definition) is 5. The molecular weight excluding hydrogens is 291 g/mol. The normalized spacial score (nSPS) is 10.5. The maximum Gasteiger partial charge on any atom is 0.320 e. The predicted molar refractivity (Wildman–Crippen MR) is 64.4 cm³/mol. The summed E-state index contributed by atoms with van der Waals surface area (Å²) in [5, 5.41) is 13.4. The van der Waals surface area contributed by atoms with Crippen LogP contribution in [0.15, 0.2) is 27.1 Å². The highest BCUT2D eigenvalue weighted by Crippen LogP contribution is 2.22. The third-order valence-electron chi connectivity index (χ3n) is 1.97. The number of hydrogen-bond donors (Lipinski definition) is 2. The molecule has 2 aromatic rings. The van der Waals surface area contributed by atoms with Crippen LogP contribution < -0.4 is 10.6 Å². The maximum absolute atomic E-state index is 13.0. The van der Waals surface area contributed by atoms with Crippen molar-refractivity contribution in [2.75, 3.05) is 12.4 Å². The minimum atomic E-state index is -0.322. The van der Waals surface area contributed by atoms with Crippen molar-refractivity contribution in [3.8, 4) is 0 Å². The van der Waals surface area contributed by atoms with Gasteiger partial charge in [0.2, 0.25) is 5.89 Å². The van der Waals surface area contributed by atoms with E-state index < -0.39 is 0 Å². The highest BCUT2D eigenvalue weighted by molar-refractivity contribution is 9.10. The summed E-state index contributed by atoms with van der Waals surface area (Å²) in [5.74, 6) is 0.160. The summed E-state index contributed by atoms with van der Waals surface area (Å²) in [6, 6.07) is 4.80. The molecule has 0 spiro atoms. The third kappa shape index (κ3) is 3.01. The molecule has 90 valence electrons. The second-order valence-electron chi connectivity index (χ2n) is 3.29. The molecule has 7 heteroatoms. The molecule has 5 nitrogen and oxygen atoms in total. The molecule has 2 rings (SSSR count). The molecule has 0 saturated carbocycles. The van der Waals surface area contributed by atoms with E-state index in [9.17, 15) is 4.39 Å². The van der Waals surface area contributed by atoms with Gasteiger partial charge in [0, 0.05) is 5.69 Å². The topological polar surface area (TPSA) is 63.0 Å². The van der Waals surface area contributed by atoms with E-state index >= 15 is 0 Å². The highest BCUT2D eigenvalue weighted by atomic mass is 79.9. The van der Waals surface area contributed by atoms with Crippen LogP contribution in [0.1, 0.15) is 5.89 Å². The van der Waals surface area contributed by atoms with Crippen molar-refractivity contribution in [3.63, 3.8) is 0 Å². The molecule has 0 aliphatic carbocycles. The van der Waals surface area contributed by atoms with Gasteiger partial charge < -0.3 is 15.1 Å². The average Bonchev–Trinajstić information content (AvgIpc) is 2.72. The lowest BCUT2D eigenvalue weighted by Gasteiger charge is -2.01. The quantitative estimate of drug-likeness (QED) is 0.908. The first-order valence-electron chi connectivity index (χ1n) is 4.88. The molecule has 0 aliphatic rings. The number of anilines is 2. The van der Waals surface area contributed by atoms with Gasteiger partial charge in [0.15, 0.2) is 0 Å². The number of nitrogens with one attached hydrogen (secondary N) is 2. The molecular formula is C10H10BrFN4O. The van der Waals surface area contributed by atoms with Crippen molar-refractivity contribution in [1.29, 1.82) is 0 Å². The van der Waals surface area contributed by atoms with Crippen LogP contribution >= 0.6 is 15.9 Å². The van der Waals surface area contributed by atoms with Crippen LogP contribution in [0.25, 0.3) is 0 Å². The first-order valence-corrected chi connectivity index (χ1v) is 5.67. The van der Waals surface area contributed by atoms with Gasteiger partial charge in [0.05, 0.1) is 11.0 Å². The van der Waals surface area contributed by atoms with E-state index in [-0.39, 0.29) is 11.8 Å². The number of benzene rings is 1. The Bertz CT molecular complexity index is 517. The Balaban J connectivity index is 2.11. The van der Waals surface area contributed by atoms with Gasteiger partial charge in [-0.15, -0.1) is 5.10 Å². The predicted octanol–water partition coefficient (Wildman–Crippen LogP) is 2.43. The fourth-order valence-corrected chi connectivity index (χ4v) is 1.60. The molecule has 0 unspecified atom stereocenters. The first-order chi connectivity index (χ1) is 8.19. The zero-order valence-electron chi connectivity index (χ0n) is 9.00. The molecule has 1 aromatic heterocycles. The number of halogens is 2. The minimum absolute atomic E-state index is 0.272. The average molecular weight is 301 g/mol. The smallest absolute Gasteiger partial charge is 0.320 e. The van der Waals surface area contributed by atoms with E-state index in [1.54, 1.807) is 19.2 Å². The zero-order chi connectivity index (χ0) is 12.3. The van der Waals surface area contributed by atoms with Gasteiger partial charge in [-0.3, -0.25) is 0 Å². The van der Waals surface area contributed by atoms with Gasteiger partial charge in [-0.05, 0) is 41.2 Å². The van der Waals surface area contributed by atoms with E-state index in [1.165, 1.54) is 6.07 Å². The highest BCUT2D eigenvalue weighted by Gasteiger charge is 2.06. The van der Waals surface area contributed by atoms with Crippen molar-refractivity contribution < 1.29 is 8.81 Å². The van der Waals surface area contributed by atoms with Crippen LogP contribution in [0.3, 0.4) is 0 Å². The van der Waals surface area contributed by atoms with Crippen molar-refractivity contribution in [2.45, 2.75) is 6.54 Å². The molecule has 0 radical (unpaired) electrons. The van der Waals surface area contributed by atoms with Gasteiger partial charge >= 0.3 is 6.01 Å². The Morgan fingerprint density at radius 1 is 1.41 bits per heavy atom. The van der Waals surface area contributed by atoms with E-state index in [2.05, 4.69) is 36.8 Å². The van der Waals surface area contributed by atoms with Gasteiger partial charge in [-0.25, -0.2) is 4.39 Å². The van der Waals surface area contributed by atoms with E-state index in [1.807, 2.05) is 0 Å². The Morgan fingerprint density at radius 2 is 2.24 bits per heavy atom. The summed E-state index contributed by atoms with van der Waals surface area (Å²) in [6.45, 7) is 0.502. The van der Waals surface area contributed by atoms with Gasteiger partial charge in [-0.1, -0.05) is 5.10 Å². The lowest BCUT2D eigenvalue weighted by molar-refractivity contribution is 0.493. The van der Waals surface area contributed by atoms with E-state index in [4.69, 9.17) is 4.42 Å². The summed E-state index contributed by atoms with van der Waals surface area (Å²) in [6.07, 6.45) is 0. The second kappa shape index (κ2) is 5.24. The van der Waals surface area contributed by atoms with Crippen LogP contribution in [-0.2, 0) is 6.54 Å². The molecule has 0 saturated heterocycles. The Hall–Kier alpha value is -1.47. The SMILES string of the molecule is CNCc1nnc(Nc2ccc(F)c(Br)c2)o1. The van der Waals surface area contributed by atoms with Crippen molar-refractivity contribution in [3.05, 3.63) is 34.4 Å². The summed E-state index contributed by atoms with van der Waals surface area (Å²) in [7, 11) is 1.79. The Morgan fingerprint density at radius 3 is 2.94 bits per heavy atom. The summed E-state index contributed by atoms with van der Waals surface area (Å²) in [4.78, 5) is 0. The van der Waals surface area contributed by atoms with Crippen LogP contribution in [-0.4, -0.2) is 17.2 Å². The molecule has 0 amide bonds. The minimum Gasteiger partial charge on any atom is -0.406 e. The number of rotatable bonds is 4. The van der Waals surface area contributed by atoms with Crippen molar-refractivity contribution in [1.82, 2.24) is 15.5 Å². The Labute approximate surface area is 106 Å². The van der Waals surface area contributed by atoms with Crippen molar-refractivity contribution in [2.24, 2.45) is 0 Å². The lowest BCUT2D eigenvalue weighted by atomic mass is 10.3. The molecule has 0 fully saturated rings. The lowest BCUT2D eigenvalue weighted by Crippen LogP contribution is -2.04. The van der Waals surface area contributed by atoms with Gasteiger partial charge in [-0.2, -0.15) is 0 Å². The van der Waals surface area contributed by atoms with Crippen LogP contribution in [0, 0.1) is 5.82 Å². The van der Waals surface area contributed by atoms with E-state index in [0.717, 1.165) is 0 Å². The first kappa shape index (κ1) is 12.0. The molecule has 1 heterocycles. The third-order valence-corrected chi connectivity index (χ3v) is 2.57. The fraction of sp³-hybridized carbons (Fsp3) is 0.200. The molecule has 0 bridgehead atoms. The molecule has 0 atom stereocenters. The van der Waals surface area contributed by atoms with Crippen LogP contribution in [0.4, 0.5) is 16.1 Å². The largest absolute Gasteiger partial charge is 0.406 e. The van der Waals surface area contributed by atoms with Gasteiger partial charge in [0.25, 0.3) is 0 Å². The van der Waals surface area contributed by atoms with Crippen molar-refractivity contribution >= 4 is 27.6 Å². The summed E-state index contributed by atoms with van der Waals surface area (Å²) in [5.41, 5.74) is 0.665. The monoisotopic (exact) mass is 300 g/mol. The number of nitrogens with zero attached hydrogens (tertiary/aromatic N) is 2.